The van der Waals surface area contributed by atoms with Gasteiger partial charge in [0.25, 0.3) is 0 Å². The summed E-state index contributed by atoms with van der Waals surface area (Å²) < 4.78 is 6.89. The summed E-state index contributed by atoms with van der Waals surface area (Å²) in [6, 6.07) is 0. The normalized spacial score (nSPS) is 11.1. The highest BCUT2D eigenvalue weighted by Crippen LogP contribution is 2.13. The minimum Gasteiger partial charge on any atom is -0.364 e. The van der Waals surface area contributed by atoms with Gasteiger partial charge in [0.1, 0.15) is 12.1 Å². The topological polar surface area (TPSA) is 43.9 Å². The molecule has 4 nitrogen and oxygen atoms in total. The largest absolute Gasteiger partial charge is 0.364 e. The molecule has 0 N–H and O–H groups in total. The lowest BCUT2D eigenvalue weighted by Gasteiger charge is -2.08. The van der Waals surface area contributed by atoms with Crippen LogP contribution < -0.4 is 0 Å². The summed E-state index contributed by atoms with van der Waals surface area (Å²) in [5.74, 6) is 1.52. The molecule has 0 aromatic carbocycles. The Kier molecular flexibility index (Phi) is 2.35. The monoisotopic (exact) mass is 191 g/mol. The lowest BCUT2D eigenvalue weighted by atomic mass is 10.2. The second kappa shape index (κ2) is 3.65. The van der Waals surface area contributed by atoms with E-state index in [1.165, 1.54) is 0 Å². The number of nitrogens with zero attached hydrogens (tertiary/aromatic N) is 3. The minimum absolute atomic E-state index is 0.435. The summed E-state index contributed by atoms with van der Waals surface area (Å²) in [5, 5.41) is 3.67. The van der Waals surface area contributed by atoms with Crippen LogP contribution in [-0.4, -0.2) is 14.7 Å². The summed E-state index contributed by atoms with van der Waals surface area (Å²) in [4.78, 5) is 4.31. The zero-order valence-corrected chi connectivity index (χ0v) is 8.34. The average Bonchev–Trinajstić information content (AvgIpc) is 2.75. The van der Waals surface area contributed by atoms with Gasteiger partial charge in [-0.3, -0.25) is 0 Å². The van der Waals surface area contributed by atoms with Gasteiger partial charge in [0.2, 0.25) is 0 Å². The van der Waals surface area contributed by atoms with Gasteiger partial charge in [-0.2, -0.15) is 0 Å². The predicted molar refractivity (Wildman–Crippen MR) is 51.9 cm³/mol. The molecule has 0 fully saturated rings. The molecule has 0 unspecified atom stereocenters. The van der Waals surface area contributed by atoms with E-state index in [0.29, 0.717) is 5.92 Å². The molecule has 2 aromatic heterocycles. The van der Waals surface area contributed by atoms with E-state index >= 15 is 0 Å². The van der Waals surface area contributed by atoms with E-state index in [-0.39, 0.29) is 0 Å². The molecule has 0 aliphatic rings. The molecule has 2 heterocycles. The van der Waals surface area contributed by atoms with E-state index in [2.05, 4.69) is 28.6 Å². The molecule has 0 amide bonds. The minimum atomic E-state index is 0.435. The van der Waals surface area contributed by atoms with Crippen molar-refractivity contribution in [3.63, 3.8) is 0 Å². The lowest BCUT2D eigenvalue weighted by Crippen LogP contribution is -2.05. The molecule has 0 spiro atoms. The van der Waals surface area contributed by atoms with Crippen molar-refractivity contribution in [2.75, 3.05) is 0 Å². The molecule has 0 aliphatic heterocycles. The van der Waals surface area contributed by atoms with Crippen molar-refractivity contribution in [1.82, 2.24) is 14.7 Å². The van der Waals surface area contributed by atoms with Crippen LogP contribution in [0.3, 0.4) is 0 Å². The van der Waals surface area contributed by atoms with Crippen LogP contribution in [0.1, 0.15) is 31.2 Å². The van der Waals surface area contributed by atoms with Gasteiger partial charge in [0.05, 0.1) is 12.7 Å². The fourth-order valence-electron chi connectivity index (χ4n) is 1.46. The molecule has 0 atom stereocenters. The van der Waals surface area contributed by atoms with Crippen molar-refractivity contribution < 1.29 is 4.52 Å². The van der Waals surface area contributed by atoms with E-state index < -0.39 is 0 Å². The third kappa shape index (κ3) is 1.69. The Morgan fingerprint density at radius 3 is 3.00 bits per heavy atom. The van der Waals surface area contributed by atoms with Gasteiger partial charge in [0, 0.05) is 23.9 Å². The molecule has 0 saturated heterocycles. The van der Waals surface area contributed by atoms with Crippen LogP contribution in [0, 0.1) is 0 Å². The predicted octanol–water partition coefficient (Wildman–Crippen LogP) is 2.04. The average molecular weight is 191 g/mol. The Morgan fingerprint density at radius 1 is 1.50 bits per heavy atom. The van der Waals surface area contributed by atoms with Crippen LogP contribution in [0.4, 0.5) is 0 Å². The van der Waals surface area contributed by atoms with Crippen LogP contribution in [0.25, 0.3) is 0 Å². The molecule has 2 aromatic rings. The van der Waals surface area contributed by atoms with Gasteiger partial charge in [0.15, 0.2) is 0 Å². The van der Waals surface area contributed by atoms with Crippen molar-refractivity contribution in [3.8, 4) is 0 Å². The maximum atomic E-state index is 4.78. The fourth-order valence-corrected chi connectivity index (χ4v) is 1.46. The smallest absolute Gasteiger partial charge is 0.128 e. The highest BCUT2D eigenvalue weighted by atomic mass is 16.5. The molecule has 4 heteroatoms. The van der Waals surface area contributed by atoms with E-state index in [9.17, 15) is 0 Å². The molecule has 2 rings (SSSR count). The SMILES string of the molecule is CC(C)c1nccn1Cc1cnoc1. The van der Waals surface area contributed by atoms with E-state index in [1.54, 1.807) is 12.5 Å². The quantitative estimate of drug-likeness (QED) is 0.745. The zero-order chi connectivity index (χ0) is 9.97. The molecule has 0 aliphatic carbocycles. The Labute approximate surface area is 82.6 Å². The van der Waals surface area contributed by atoms with Crippen LogP contribution in [0.5, 0.6) is 0 Å². The van der Waals surface area contributed by atoms with E-state index in [4.69, 9.17) is 4.52 Å². The highest BCUT2D eigenvalue weighted by Gasteiger charge is 2.07. The van der Waals surface area contributed by atoms with Crippen LogP contribution >= 0.6 is 0 Å². The van der Waals surface area contributed by atoms with Gasteiger partial charge in [-0.1, -0.05) is 19.0 Å². The third-order valence-corrected chi connectivity index (χ3v) is 2.10. The molecule has 0 saturated carbocycles. The first kappa shape index (κ1) is 8.99. The van der Waals surface area contributed by atoms with Crippen molar-refractivity contribution >= 4 is 0 Å². The third-order valence-electron chi connectivity index (χ3n) is 2.10. The Balaban J connectivity index is 2.21. The second-order valence-corrected chi connectivity index (χ2v) is 3.60. The summed E-state index contributed by atoms with van der Waals surface area (Å²) in [5.41, 5.74) is 1.06. The number of rotatable bonds is 3. The van der Waals surface area contributed by atoms with Crippen molar-refractivity contribution in [2.45, 2.75) is 26.3 Å². The molecule has 14 heavy (non-hydrogen) atoms. The van der Waals surface area contributed by atoms with Crippen LogP contribution in [0.2, 0.25) is 0 Å². The Morgan fingerprint density at radius 2 is 2.36 bits per heavy atom. The highest BCUT2D eigenvalue weighted by molar-refractivity contribution is 5.06. The van der Waals surface area contributed by atoms with Crippen molar-refractivity contribution in [1.29, 1.82) is 0 Å². The molecule has 0 bridgehead atoms. The van der Waals surface area contributed by atoms with E-state index in [1.807, 2.05) is 12.4 Å². The number of hydrogen-bond acceptors (Lipinski definition) is 3. The molecule has 74 valence electrons. The number of aromatic nitrogens is 3. The van der Waals surface area contributed by atoms with Gasteiger partial charge < -0.3 is 9.09 Å². The van der Waals surface area contributed by atoms with Crippen LogP contribution in [-0.2, 0) is 6.54 Å². The summed E-state index contributed by atoms with van der Waals surface area (Å²) >= 11 is 0. The Bertz CT molecular complexity index is 389. The first-order valence-electron chi connectivity index (χ1n) is 4.66. The fraction of sp³-hybridized carbons (Fsp3) is 0.400. The molecular formula is C10H13N3O. The summed E-state index contributed by atoms with van der Waals surface area (Å²) in [7, 11) is 0. The molecule has 0 radical (unpaired) electrons. The van der Waals surface area contributed by atoms with Gasteiger partial charge in [-0.25, -0.2) is 4.98 Å². The standard InChI is InChI=1S/C10H13N3O/c1-8(2)10-11-3-4-13(10)6-9-5-12-14-7-9/h3-5,7-8H,6H2,1-2H3. The van der Waals surface area contributed by atoms with Gasteiger partial charge in [-0.05, 0) is 0 Å². The maximum Gasteiger partial charge on any atom is 0.128 e. The maximum absolute atomic E-state index is 4.78. The number of hydrogen-bond donors (Lipinski definition) is 0. The van der Waals surface area contributed by atoms with E-state index in [0.717, 1.165) is 17.9 Å². The van der Waals surface area contributed by atoms with Gasteiger partial charge in [-0.15, -0.1) is 0 Å². The van der Waals surface area contributed by atoms with Crippen LogP contribution in [0.15, 0.2) is 29.4 Å². The van der Waals surface area contributed by atoms with Crippen molar-refractivity contribution in [3.05, 3.63) is 36.2 Å². The first-order chi connectivity index (χ1) is 6.77. The van der Waals surface area contributed by atoms with Gasteiger partial charge >= 0.3 is 0 Å². The van der Waals surface area contributed by atoms with Crippen molar-refractivity contribution in [2.24, 2.45) is 0 Å². The Hall–Kier alpha value is -1.58. The summed E-state index contributed by atoms with van der Waals surface area (Å²) in [6.45, 7) is 5.04. The molecular weight excluding hydrogens is 178 g/mol. The summed E-state index contributed by atoms with van der Waals surface area (Å²) in [6.07, 6.45) is 7.18. The second-order valence-electron chi connectivity index (χ2n) is 3.60. The first-order valence-corrected chi connectivity index (χ1v) is 4.66. The number of imidazole rings is 1. The lowest BCUT2D eigenvalue weighted by molar-refractivity contribution is 0.418. The zero-order valence-electron chi connectivity index (χ0n) is 8.34.